The van der Waals surface area contributed by atoms with Crippen LogP contribution in [0.15, 0.2) is 24.3 Å². The topological polar surface area (TPSA) is 49.8 Å². The van der Waals surface area contributed by atoms with Gasteiger partial charge in [-0.3, -0.25) is 0 Å². The van der Waals surface area contributed by atoms with E-state index in [0.717, 1.165) is 5.69 Å². The molecule has 0 spiro atoms. The first-order valence-corrected chi connectivity index (χ1v) is 4.21. The maximum absolute atomic E-state index is 10.2. The molecular weight excluding hydrogens is 189 g/mol. The average molecular weight is 203 g/mol. The van der Waals surface area contributed by atoms with Gasteiger partial charge in [0.15, 0.2) is 6.61 Å². The van der Waals surface area contributed by atoms with Gasteiger partial charge in [-0.25, -0.2) is 4.79 Å². The number of hydrogen-bond donors (Lipinski definition) is 1. The van der Waals surface area contributed by atoms with Gasteiger partial charge in [-0.15, -0.1) is 0 Å². The van der Waals surface area contributed by atoms with Crippen LogP contribution in [0.4, 0.5) is 5.69 Å². The Bertz CT molecular complexity index is 311. The zero-order valence-corrected chi connectivity index (χ0v) is 8.23. The van der Waals surface area contributed by atoms with Crippen LogP contribution in [0.3, 0.4) is 0 Å². The molecule has 15 heavy (non-hydrogen) atoms. The van der Waals surface area contributed by atoms with E-state index in [2.05, 4.69) is 0 Å². The van der Waals surface area contributed by atoms with Gasteiger partial charge in [-0.1, -0.05) is 0 Å². The molecule has 0 radical (unpaired) electrons. The van der Waals surface area contributed by atoms with Gasteiger partial charge < -0.3 is 14.7 Å². The molecule has 78 valence electrons. The van der Waals surface area contributed by atoms with Crippen LogP contribution in [0.25, 0.3) is 0 Å². The summed E-state index contributed by atoms with van der Waals surface area (Å²) in [7, 11) is 3.88. The van der Waals surface area contributed by atoms with E-state index in [1.807, 2.05) is 31.1 Å². The van der Waals surface area contributed by atoms with Gasteiger partial charge in [-0.2, -0.15) is 0 Å². The number of aliphatic carboxylic acids is 1. The first-order chi connectivity index (χ1) is 6.59. The van der Waals surface area contributed by atoms with Crippen LogP contribution in [-0.4, -0.2) is 50.6 Å². The molecule has 0 bridgehead atoms. The Kier molecular flexibility index (Phi) is 5.91. The first kappa shape index (κ1) is 13.9. The van der Waals surface area contributed by atoms with Crippen LogP contribution in [-0.2, 0) is 4.79 Å². The number of carboxylic acids is 1. The Morgan fingerprint density at radius 2 is 1.87 bits per heavy atom. The quantitative estimate of drug-likeness (QED) is 0.727. The van der Waals surface area contributed by atoms with Crippen molar-refractivity contribution < 1.29 is 14.6 Å². The minimum absolute atomic E-state index is 0. The summed E-state index contributed by atoms with van der Waals surface area (Å²) in [5.74, 6) is -0.403. The number of carbonyl (C=O) groups is 1. The van der Waals surface area contributed by atoms with E-state index in [1.54, 1.807) is 12.1 Å². The Hall–Kier alpha value is -1.11. The van der Waals surface area contributed by atoms with E-state index in [1.165, 1.54) is 0 Å². The van der Waals surface area contributed by atoms with Crippen LogP contribution >= 0.6 is 0 Å². The summed E-state index contributed by atoms with van der Waals surface area (Å²) in [5, 5.41) is 8.38. The molecule has 4 nitrogen and oxygen atoms in total. The number of carboxylic acid groups (broad SMARTS) is 1. The molecule has 1 aromatic rings. The van der Waals surface area contributed by atoms with Crippen molar-refractivity contribution in [1.29, 1.82) is 0 Å². The van der Waals surface area contributed by atoms with Crippen molar-refractivity contribution in [2.24, 2.45) is 0 Å². The third kappa shape index (κ3) is 4.77. The van der Waals surface area contributed by atoms with Gasteiger partial charge in [-0.05, 0) is 24.3 Å². The van der Waals surface area contributed by atoms with Crippen LogP contribution in [0, 0.1) is 0 Å². The van der Waals surface area contributed by atoms with Crippen LogP contribution in [0.5, 0.6) is 5.75 Å². The summed E-state index contributed by atoms with van der Waals surface area (Å²) >= 11 is 0. The second-order valence-corrected chi connectivity index (χ2v) is 3.07. The fraction of sp³-hybridized carbons (Fsp3) is 0.300. The van der Waals surface area contributed by atoms with Gasteiger partial charge in [0.05, 0.1) is 0 Å². The monoisotopic (exact) mass is 203 g/mol. The first-order valence-electron chi connectivity index (χ1n) is 4.21. The molecule has 0 saturated heterocycles. The van der Waals surface area contributed by atoms with E-state index < -0.39 is 5.97 Å². The van der Waals surface area contributed by atoms with Gasteiger partial charge >= 0.3 is 24.8 Å². The molecule has 0 aromatic heterocycles. The van der Waals surface area contributed by atoms with Crippen LogP contribution < -0.4 is 9.64 Å². The van der Waals surface area contributed by atoms with Crippen LogP contribution in [0.2, 0.25) is 0 Å². The minimum atomic E-state index is -0.971. The molecule has 0 aliphatic heterocycles. The van der Waals surface area contributed by atoms with E-state index >= 15 is 0 Å². The van der Waals surface area contributed by atoms with Crippen molar-refractivity contribution in [2.45, 2.75) is 0 Å². The van der Waals surface area contributed by atoms with E-state index in [9.17, 15) is 4.79 Å². The number of rotatable bonds is 4. The maximum atomic E-state index is 10.2. The fourth-order valence-electron chi connectivity index (χ4n) is 0.986. The average Bonchev–Trinajstić information content (AvgIpc) is 2.15. The summed E-state index contributed by atoms with van der Waals surface area (Å²) in [6, 6.07) is 7.24. The third-order valence-electron chi connectivity index (χ3n) is 1.72. The molecular formula is C10H14LiNO3. The van der Waals surface area contributed by atoms with Crippen LogP contribution in [0.1, 0.15) is 0 Å². The Morgan fingerprint density at radius 3 is 2.27 bits per heavy atom. The number of ether oxygens (including phenoxy) is 1. The fourth-order valence-corrected chi connectivity index (χ4v) is 0.986. The summed E-state index contributed by atoms with van der Waals surface area (Å²) in [4.78, 5) is 12.2. The molecule has 0 unspecified atom stereocenters. The predicted octanol–water partition coefficient (Wildman–Crippen LogP) is 0.567. The molecule has 0 amide bonds. The molecule has 0 aliphatic rings. The Morgan fingerprint density at radius 1 is 1.33 bits per heavy atom. The molecule has 0 atom stereocenters. The molecule has 0 heterocycles. The molecule has 1 rings (SSSR count). The van der Waals surface area contributed by atoms with E-state index in [0.29, 0.717) is 5.75 Å². The molecule has 0 fully saturated rings. The zero-order valence-electron chi connectivity index (χ0n) is 8.23. The van der Waals surface area contributed by atoms with Crippen molar-refractivity contribution in [3.63, 3.8) is 0 Å². The van der Waals surface area contributed by atoms with Crippen molar-refractivity contribution in [2.75, 3.05) is 25.6 Å². The third-order valence-corrected chi connectivity index (χ3v) is 1.72. The van der Waals surface area contributed by atoms with E-state index in [-0.39, 0.29) is 25.5 Å². The second-order valence-electron chi connectivity index (χ2n) is 3.07. The summed E-state index contributed by atoms with van der Waals surface area (Å²) in [6.07, 6.45) is 0. The normalized spacial score (nSPS) is 8.93. The van der Waals surface area contributed by atoms with E-state index in [4.69, 9.17) is 9.84 Å². The summed E-state index contributed by atoms with van der Waals surface area (Å²) in [5.41, 5.74) is 1.05. The molecule has 1 aromatic carbocycles. The zero-order chi connectivity index (χ0) is 10.6. The van der Waals surface area contributed by atoms with Gasteiger partial charge in [0.1, 0.15) is 5.75 Å². The van der Waals surface area contributed by atoms with Gasteiger partial charge in [0.2, 0.25) is 0 Å². The molecule has 5 heteroatoms. The predicted molar refractivity (Wildman–Crippen MR) is 61.0 cm³/mol. The van der Waals surface area contributed by atoms with Crippen molar-refractivity contribution in [1.82, 2.24) is 0 Å². The van der Waals surface area contributed by atoms with Crippen molar-refractivity contribution >= 4 is 30.5 Å². The second kappa shape index (κ2) is 6.39. The molecule has 0 saturated carbocycles. The Labute approximate surface area is 101 Å². The number of hydrogen-bond acceptors (Lipinski definition) is 3. The van der Waals surface area contributed by atoms with Crippen molar-refractivity contribution in [3.05, 3.63) is 24.3 Å². The SMILES string of the molecule is CN(C)c1ccc(OCC(=O)O)cc1.[LiH]. The standard InChI is InChI=1S/C10H13NO3.Li.H/c1-11(2)8-3-5-9(6-4-8)14-7-10(12)13;;/h3-6H,7H2,1-2H3,(H,12,13);;. The molecule has 1 N–H and O–H groups in total. The number of anilines is 1. The summed E-state index contributed by atoms with van der Waals surface area (Å²) < 4.78 is 4.98. The number of benzene rings is 1. The molecule has 0 aliphatic carbocycles. The summed E-state index contributed by atoms with van der Waals surface area (Å²) in [6.45, 7) is -0.304. The van der Waals surface area contributed by atoms with Crippen molar-refractivity contribution in [3.8, 4) is 5.75 Å². The Balaban J connectivity index is 0.00000196. The van der Waals surface area contributed by atoms with Gasteiger partial charge in [0, 0.05) is 19.8 Å². The number of nitrogens with zero attached hydrogens (tertiary/aromatic N) is 1. The van der Waals surface area contributed by atoms with Gasteiger partial charge in [0.25, 0.3) is 0 Å².